The smallest absolute Gasteiger partial charge is 0.354 e. The SMILES string of the molecule is CCC(CC)NCc1ccc(C(=O)O)nc1. The van der Waals surface area contributed by atoms with Crippen LogP contribution in [-0.4, -0.2) is 22.1 Å². The van der Waals surface area contributed by atoms with Crippen LogP contribution in [0.25, 0.3) is 0 Å². The number of pyridine rings is 1. The van der Waals surface area contributed by atoms with Crippen LogP contribution in [0.5, 0.6) is 0 Å². The van der Waals surface area contributed by atoms with Crippen molar-refractivity contribution < 1.29 is 9.90 Å². The third kappa shape index (κ3) is 3.62. The summed E-state index contributed by atoms with van der Waals surface area (Å²) in [5.74, 6) is -0.987. The standard InChI is InChI=1S/C12H18N2O2/c1-3-10(4-2)13-7-9-5-6-11(12(15)16)14-8-9/h5-6,8,10,13H,3-4,7H2,1-2H3,(H,15,16). The Bertz CT molecular complexity index is 331. The second-order valence-corrected chi connectivity index (χ2v) is 3.75. The van der Waals surface area contributed by atoms with Crippen LogP contribution in [0.15, 0.2) is 18.3 Å². The van der Waals surface area contributed by atoms with E-state index < -0.39 is 5.97 Å². The molecular weight excluding hydrogens is 204 g/mol. The molecule has 1 aromatic rings. The Morgan fingerprint density at radius 3 is 2.56 bits per heavy atom. The Kier molecular flexibility index (Phi) is 4.92. The lowest BCUT2D eigenvalue weighted by Crippen LogP contribution is -2.27. The van der Waals surface area contributed by atoms with Crippen molar-refractivity contribution in [3.8, 4) is 0 Å². The molecule has 0 fully saturated rings. The Morgan fingerprint density at radius 1 is 1.44 bits per heavy atom. The molecule has 0 atom stereocenters. The largest absolute Gasteiger partial charge is 0.477 e. The first-order chi connectivity index (χ1) is 7.67. The van der Waals surface area contributed by atoms with Gasteiger partial charge < -0.3 is 10.4 Å². The minimum Gasteiger partial charge on any atom is -0.477 e. The minimum absolute atomic E-state index is 0.0892. The number of carboxylic acid groups (broad SMARTS) is 1. The molecule has 4 nitrogen and oxygen atoms in total. The van der Waals surface area contributed by atoms with Crippen LogP contribution in [0, 0.1) is 0 Å². The fraction of sp³-hybridized carbons (Fsp3) is 0.500. The van der Waals surface area contributed by atoms with E-state index >= 15 is 0 Å². The third-order valence-electron chi connectivity index (χ3n) is 2.62. The molecule has 0 saturated carbocycles. The molecule has 0 aliphatic heterocycles. The molecule has 0 saturated heterocycles. The van der Waals surface area contributed by atoms with E-state index in [1.54, 1.807) is 12.3 Å². The molecule has 1 rings (SSSR count). The summed E-state index contributed by atoms with van der Waals surface area (Å²) in [6, 6.07) is 3.84. The topological polar surface area (TPSA) is 62.2 Å². The molecular formula is C12H18N2O2. The van der Waals surface area contributed by atoms with E-state index in [1.807, 2.05) is 0 Å². The zero-order valence-corrected chi connectivity index (χ0v) is 9.73. The average molecular weight is 222 g/mol. The summed E-state index contributed by atoms with van der Waals surface area (Å²) in [5, 5.41) is 12.1. The third-order valence-corrected chi connectivity index (χ3v) is 2.62. The molecule has 88 valence electrons. The molecule has 1 heterocycles. The van der Waals surface area contributed by atoms with Crippen LogP contribution in [0.3, 0.4) is 0 Å². The minimum atomic E-state index is -0.987. The number of rotatable bonds is 6. The van der Waals surface area contributed by atoms with Gasteiger partial charge in [-0.05, 0) is 24.5 Å². The fourth-order valence-electron chi connectivity index (χ4n) is 1.50. The number of aromatic carboxylic acids is 1. The number of hydrogen-bond acceptors (Lipinski definition) is 3. The molecule has 0 aromatic carbocycles. The van der Waals surface area contributed by atoms with Gasteiger partial charge in [-0.3, -0.25) is 0 Å². The van der Waals surface area contributed by atoms with Crippen LogP contribution in [-0.2, 0) is 6.54 Å². The van der Waals surface area contributed by atoms with Crippen LogP contribution >= 0.6 is 0 Å². The number of hydrogen-bond donors (Lipinski definition) is 2. The first-order valence-corrected chi connectivity index (χ1v) is 5.59. The molecule has 0 aliphatic carbocycles. The monoisotopic (exact) mass is 222 g/mol. The van der Waals surface area contributed by atoms with Gasteiger partial charge in [0.15, 0.2) is 0 Å². The summed E-state index contributed by atoms with van der Waals surface area (Å²) in [6.07, 6.45) is 3.80. The van der Waals surface area contributed by atoms with E-state index in [0.29, 0.717) is 6.04 Å². The van der Waals surface area contributed by atoms with Gasteiger partial charge in [0.05, 0.1) is 0 Å². The van der Waals surface area contributed by atoms with Crippen molar-refractivity contribution in [2.45, 2.75) is 39.3 Å². The highest BCUT2D eigenvalue weighted by Gasteiger charge is 2.05. The van der Waals surface area contributed by atoms with E-state index in [2.05, 4.69) is 24.1 Å². The fourth-order valence-corrected chi connectivity index (χ4v) is 1.50. The molecule has 2 N–H and O–H groups in total. The summed E-state index contributed by atoms with van der Waals surface area (Å²) in [5.41, 5.74) is 1.10. The van der Waals surface area contributed by atoms with Gasteiger partial charge in [-0.1, -0.05) is 19.9 Å². The Balaban J connectivity index is 2.52. The maximum atomic E-state index is 10.6. The number of nitrogens with one attached hydrogen (secondary N) is 1. The van der Waals surface area contributed by atoms with Gasteiger partial charge in [0, 0.05) is 18.8 Å². The summed E-state index contributed by atoms with van der Waals surface area (Å²) >= 11 is 0. The maximum Gasteiger partial charge on any atom is 0.354 e. The van der Waals surface area contributed by atoms with Crippen molar-refractivity contribution in [2.75, 3.05) is 0 Å². The van der Waals surface area contributed by atoms with E-state index in [-0.39, 0.29) is 5.69 Å². The van der Waals surface area contributed by atoms with Crippen LogP contribution in [0.1, 0.15) is 42.7 Å². The lowest BCUT2D eigenvalue weighted by atomic mass is 10.1. The molecule has 0 amide bonds. The number of aromatic nitrogens is 1. The number of carbonyl (C=O) groups is 1. The zero-order valence-electron chi connectivity index (χ0n) is 9.73. The van der Waals surface area contributed by atoms with Gasteiger partial charge in [0.2, 0.25) is 0 Å². The molecule has 0 spiro atoms. The molecule has 0 radical (unpaired) electrons. The summed E-state index contributed by atoms with van der Waals surface area (Å²) in [4.78, 5) is 14.5. The normalized spacial score (nSPS) is 10.7. The van der Waals surface area contributed by atoms with Gasteiger partial charge in [-0.15, -0.1) is 0 Å². The van der Waals surface area contributed by atoms with Crippen molar-refractivity contribution in [2.24, 2.45) is 0 Å². The van der Waals surface area contributed by atoms with E-state index in [0.717, 1.165) is 24.9 Å². The summed E-state index contributed by atoms with van der Waals surface area (Å²) in [6.45, 7) is 5.03. The van der Waals surface area contributed by atoms with Gasteiger partial charge >= 0.3 is 5.97 Å². The molecule has 0 bridgehead atoms. The summed E-state index contributed by atoms with van der Waals surface area (Å²) in [7, 11) is 0. The van der Waals surface area contributed by atoms with Crippen molar-refractivity contribution in [3.63, 3.8) is 0 Å². The second kappa shape index (κ2) is 6.23. The lowest BCUT2D eigenvalue weighted by molar-refractivity contribution is 0.0690. The van der Waals surface area contributed by atoms with Crippen molar-refractivity contribution in [1.82, 2.24) is 10.3 Å². The highest BCUT2D eigenvalue weighted by atomic mass is 16.4. The molecule has 0 aliphatic rings. The van der Waals surface area contributed by atoms with Crippen LogP contribution in [0.2, 0.25) is 0 Å². The second-order valence-electron chi connectivity index (χ2n) is 3.75. The van der Waals surface area contributed by atoms with Crippen molar-refractivity contribution >= 4 is 5.97 Å². The van der Waals surface area contributed by atoms with Gasteiger partial charge in [-0.2, -0.15) is 0 Å². The number of nitrogens with zero attached hydrogens (tertiary/aromatic N) is 1. The van der Waals surface area contributed by atoms with Crippen molar-refractivity contribution in [3.05, 3.63) is 29.6 Å². The van der Waals surface area contributed by atoms with Crippen LogP contribution < -0.4 is 5.32 Å². The Hall–Kier alpha value is -1.42. The van der Waals surface area contributed by atoms with Gasteiger partial charge in [-0.25, -0.2) is 9.78 Å². The predicted molar refractivity (Wildman–Crippen MR) is 62.4 cm³/mol. The average Bonchev–Trinajstić information content (AvgIpc) is 2.31. The zero-order chi connectivity index (χ0) is 12.0. The predicted octanol–water partition coefficient (Wildman–Crippen LogP) is 2.06. The highest BCUT2D eigenvalue weighted by Crippen LogP contribution is 2.03. The van der Waals surface area contributed by atoms with Crippen molar-refractivity contribution in [1.29, 1.82) is 0 Å². The Morgan fingerprint density at radius 2 is 2.12 bits per heavy atom. The van der Waals surface area contributed by atoms with Gasteiger partial charge in [0.1, 0.15) is 5.69 Å². The maximum absolute atomic E-state index is 10.6. The molecule has 4 heteroatoms. The number of carboxylic acids is 1. The van der Waals surface area contributed by atoms with Gasteiger partial charge in [0.25, 0.3) is 0 Å². The highest BCUT2D eigenvalue weighted by molar-refractivity contribution is 5.85. The first-order valence-electron chi connectivity index (χ1n) is 5.59. The lowest BCUT2D eigenvalue weighted by Gasteiger charge is -2.14. The van der Waals surface area contributed by atoms with Crippen LogP contribution in [0.4, 0.5) is 0 Å². The molecule has 16 heavy (non-hydrogen) atoms. The summed E-state index contributed by atoms with van der Waals surface area (Å²) < 4.78 is 0. The quantitative estimate of drug-likeness (QED) is 0.773. The Labute approximate surface area is 95.7 Å². The van der Waals surface area contributed by atoms with E-state index in [4.69, 9.17) is 5.11 Å². The first kappa shape index (κ1) is 12.6. The molecule has 0 unspecified atom stereocenters. The molecule has 1 aromatic heterocycles. The van der Waals surface area contributed by atoms with E-state index in [1.165, 1.54) is 6.07 Å². The van der Waals surface area contributed by atoms with E-state index in [9.17, 15) is 4.79 Å².